The summed E-state index contributed by atoms with van der Waals surface area (Å²) in [7, 11) is 3.25. The smallest absolute Gasteiger partial charge is 0.308 e. The van der Waals surface area contributed by atoms with Crippen LogP contribution in [0, 0.1) is 49.4 Å². The van der Waals surface area contributed by atoms with Crippen molar-refractivity contribution in [1.29, 1.82) is 0 Å². The first kappa shape index (κ1) is 36.7. The Labute approximate surface area is 245 Å². The second-order valence-electron chi connectivity index (χ2n) is 7.79. The third kappa shape index (κ3) is 22.7. The Balaban J connectivity index is 4.63. The van der Waals surface area contributed by atoms with Crippen LogP contribution in [0.4, 0.5) is 0 Å². The topological polar surface area (TPSA) is 112 Å². The second kappa shape index (κ2) is 26.0. The van der Waals surface area contributed by atoms with E-state index in [1.54, 1.807) is 21.6 Å². The Morgan fingerprint density at radius 3 is 0.950 bits per heavy atom. The lowest BCUT2D eigenvalue weighted by atomic mass is 10.3. The van der Waals surface area contributed by atoms with E-state index in [-0.39, 0.29) is 52.1 Å². The molecule has 0 fully saturated rings. The summed E-state index contributed by atoms with van der Waals surface area (Å²) < 4.78 is 19.6. The highest BCUT2D eigenvalue weighted by atomic mass is 33.1. The molecule has 0 saturated heterocycles. The molecule has 0 amide bonds. The van der Waals surface area contributed by atoms with Gasteiger partial charge in [0, 0.05) is 50.8 Å². The highest BCUT2D eigenvalue weighted by molar-refractivity contribution is 8.76. The van der Waals surface area contributed by atoms with Crippen molar-refractivity contribution in [2.24, 2.45) is 0 Å². The maximum absolute atomic E-state index is 11.8. The van der Waals surface area contributed by atoms with Gasteiger partial charge >= 0.3 is 23.9 Å². The summed E-state index contributed by atoms with van der Waals surface area (Å²) in [6, 6.07) is 0. The third-order valence-electron chi connectivity index (χ3n) is 4.86. The summed E-state index contributed by atoms with van der Waals surface area (Å²) in [4.78, 5) is 51.2. The maximum Gasteiger partial charge on any atom is 0.308 e. The number of hydrogen-bond donors (Lipinski definition) is 0. The first-order valence-corrected chi connectivity index (χ1v) is 14.9. The number of esters is 4. The van der Waals surface area contributed by atoms with Crippen LogP contribution in [0.25, 0.3) is 0 Å². The van der Waals surface area contributed by atoms with Crippen LogP contribution in [0.5, 0.6) is 0 Å². The van der Waals surface area contributed by atoms with Gasteiger partial charge in [-0.25, -0.2) is 0 Å². The van der Waals surface area contributed by atoms with Gasteiger partial charge in [-0.05, 0) is 0 Å². The molecule has 0 N–H and O–H groups in total. The van der Waals surface area contributed by atoms with Gasteiger partial charge in [-0.2, -0.15) is 0 Å². The maximum atomic E-state index is 11.8. The van der Waals surface area contributed by atoms with Gasteiger partial charge in [-0.1, -0.05) is 45.3 Å². The first-order chi connectivity index (χ1) is 19.4. The predicted octanol–water partition coefficient (Wildman–Crippen LogP) is 1.24. The van der Waals surface area contributed by atoms with Crippen LogP contribution < -0.4 is 0 Å². The van der Waals surface area contributed by atoms with Crippen LogP contribution in [0.1, 0.15) is 25.7 Å². The molecule has 0 aliphatic heterocycles. The van der Waals surface area contributed by atoms with Crippen molar-refractivity contribution in [1.82, 2.24) is 9.80 Å². The molecule has 10 nitrogen and oxygen atoms in total. The summed E-state index contributed by atoms with van der Waals surface area (Å²) in [5.41, 5.74) is 0. The molecule has 0 saturated carbocycles. The van der Waals surface area contributed by atoms with E-state index in [1.165, 1.54) is 0 Å². The number of hydrogen-bond acceptors (Lipinski definition) is 12. The minimum Gasteiger partial charge on any atom is -0.452 e. The number of ether oxygens (including phenoxy) is 4. The van der Waals surface area contributed by atoms with Crippen LogP contribution >= 0.6 is 21.6 Å². The molecule has 0 aromatic heterocycles. The summed E-state index contributed by atoms with van der Waals surface area (Å²) in [5, 5.41) is 0. The summed E-state index contributed by atoms with van der Waals surface area (Å²) in [5.74, 6) is 8.79. The fraction of sp³-hybridized carbons (Fsp3) is 0.571. The van der Waals surface area contributed by atoms with Crippen molar-refractivity contribution < 1.29 is 38.1 Å². The molecule has 0 aliphatic carbocycles. The van der Waals surface area contributed by atoms with Gasteiger partial charge in [0.2, 0.25) is 0 Å². The summed E-state index contributed by atoms with van der Waals surface area (Å²) >= 11 is 0. The molecule has 0 aromatic rings. The zero-order valence-corrected chi connectivity index (χ0v) is 24.2. The zero-order valence-electron chi connectivity index (χ0n) is 22.6. The Morgan fingerprint density at radius 1 is 0.475 bits per heavy atom. The van der Waals surface area contributed by atoms with Crippen molar-refractivity contribution in [3.05, 3.63) is 0 Å². The molecule has 0 aliphatic rings. The molecule has 0 atom stereocenters. The summed E-state index contributed by atoms with van der Waals surface area (Å²) in [6.07, 6.45) is 21.0. The van der Waals surface area contributed by atoms with Crippen molar-refractivity contribution >= 4 is 45.5 Å². The molecule has 0 rings (SSSR count). The van der Waals surface area contributed by atoms with Crippen LogP contribution in [0.3, 0.4) is 0 Å². The molecule has 0 aromatic carbocycles. The van der Waals surface area contributed by atoms with Crippen LogP contribution in [0.15, 0.2) is 0 Å². The van der Waals surface area contributed by atoms with Gasteiger partial charge in [0.25, 0.3) is 0 Å². The molecule has 0 spiro atoms. The molecule has 0 unspecified atom stereocenters. The molecule has 218 valence electrons. The number of carbonyl (C=O) groups is 4. The van der Waals surface area contributed by atoms with E-state index in [4.69, 9.17) is 44.6 Å². The van der Waals surface area contributed by atoms with Gasteiger partial charge in [0.05, 0.1) is 25.7 Å². The van der Waals surface area contributed by atoms with Gasteiger partial charge in [0.1, 0.15) is 0 Å². The standard InChI is InChI=1S/C28H36N2O8S2/c1-5-19-35-25(31)9-13-29(14-10-26(32)36-20-6-2)17-23-39-40-24-18-30(15-11-27(33)37-21-7-3)16-12-28(34)38-22-8-4/h1-4H,9-24H2. The zero-order chi connectivity index (χ0) is 29.8. The average Bonchev–Trinajstić information content (AvgIpc) is 2.95. The minimum absolute atomic E-state index is 0.0844. The largest absolute Gasteiger partial charge is 0.452 e. The average molecular weight is 593 g/mol. The number of carbonyl (C=O) groups excluding carboxylic acids is 4. The van der Waals surface area contributed by atoms with Crippen LogP contribution in [-0.4, -0.2) is 111 Å². The van der Waals surface area contributed by atoms with Crippen LogP contribution in [0.2, 0.25) is 0 Å². The number of rotatable bonds is 23. The Kier molecular flexibility index (Phi) is 23.9. The van der Waals surface area contributed by atoms with E-state index >= 15 is 0 Å². The third-order valence-corrected chi connectivity index (χ3v) is 7.22. The fourth-order valence-electron chi connectivity index (χ4n) is 2.90. The minimum atomic E-state index is -0.411. The number of terminal acetylenes is 4. The van der Waals surface area contributed by atoms with E-state index in [0.29, 0.717) is 39.3 Å². The first-order valence-electron chi connectivity index (χ1n) is 12.4. The lowest BCUT2D eigenvalue weighted by molar-refractivity contribution is -0.144. The molecule has 0 radical (unpaired) electrons. The Hall–Kier alpha value is -3.26. The van der Waals surface area contributed by atoms with E-state index in [0.717, 1.165) is 11.5 Å². The summed E-state index contributed by atoms with van der Waals surface area (Å²) in [6.45, 7) is 2.50. The van der Waals surface area contributed by atoms with Gasteiger partial charge in [-0.15, -0.1) is 25.7 Å². The highest BCUT2D eigenvalue weighted by Crippen LogP contribution is 2.21. The monoisotopic (exact) mass is 592 g/mol. The molecule has 0 bridgehead atoms. The lowest BCUT2D eigenvalue weighted by Gasteiger charge is -2.22. The predicted molar refractivity (Wildman–Crippen MR) is 155 cm³/mol. The molecule has 12 heteroatoms. The van der Waals surface area contributed by atoms with Crippen LogP contribution in [-0.2, 0) is 38.1 Å². The Bertz CT molecular complexity index is 802. The van der Waals surface area contributed by atoms with Crippen molar-refractivity contribution in [3.8, 4) is 49.4 Å². The number of nitrogens with zero attached hydrogens (tertiary/aromatic N) is 2. The van der Waals surface area contributed by atoms with Gasteiger partial charge < -0.3 is 28.7 Å². The normalized spacial score (nSPS) is 10.1. The van der Waals surface area contributed by atoms with E-state index in [9.17, 15) is 19.2 Å². The van der Waals surface area contributed by atoms with Crippen molar-refractivity contribution in [2.75, 3.05) is 77.2 Å². The fourth-order valence-corrected chi connectivity index (χ4v) is 4.95. The van der Waals surface area contributed by atoms with E-state index < -0.39 is 23.9 Å². The molecular formula is C28H36N2O8S2. The highest BCUT2D eigenvalue weighted by Gasteiger charge is 2.14. The quantitative estimate of drug-likeness (QED) is 0.0560. The SMILES string of the molecule is C#CCOC(=O)CCN(CCSSCCN(CCC(=O)OCC#C)CCC(=O)OCC#C)CCC(=O)OCC#C. The van der Waals surface area contributed by atoms with Crippen molar-refractivity contribution in [3.63, 3.8) is 0 Å². The molecule has 40 heavy (non-hydrogen) atoms. The van der Waals surface area contributed by atoms with E-state index in [2.05, 4.69) is 23.7 Å². The Morgan fingerprint density at radius 2 is 0.725 bits per heavy atom. The van der Waals surface area contributed by atoms with Gasteiger partial charge in [0.15, 0.2) is 26.4 Å². The molecular weight excluding hydrogens is 556 g/mol. The second-order valence-corrected chi connectivity index (χ2v) is 10.5. The van der Waals surface area contributed by atoms with E-state index in [1.807, 2.05) is 9.80 Å². The van der Waals surface area contributed by atoms with Gasteiger partial charge in [-0.3, -0.25) is 19.2 Å². The lowest BCUT2D eigenvalue weighted by Crippen LogP contribution is -2.32. The molecule has 0 heterocycles. The van der Waals surface area contributed by atoms with Crippen molar-refractivity contribution in [2.45, 2.75) is 25.7 Å².